The summed E-state index contributed by atoms with van der Waals surface area (Å²) in [5, 5.41) is 0. The van der Waals surface area contributed by atoms with E-state index in [1.807, 2.05) is 0 Å². The van der Waals surface area contributed by atoms with Crippen molar-refractivity contribution in [3.05, 3.63) is 0 Å². The Morgan fingerprint density at radius 2 is 1.22 bits per heavy atom. The monoisotopic (exact) mass is 328 g/mol. The van der Waals surface area contributed by atoms with Crippen LogP contribution in [-0.2, 0) is 0 Å². The Balaban J connectivity index is -0.000000180. The second-order valence-corrected chi connectivity index (χ2v) is 5.24. The second kappa shape index (κ2) is 16.5. The Morgan fingerprint density at radius 1 is 0.889 bits per heavy atom. The average Bonchev–Trinajstić information content (AvgIpc) is 1.69. The first kappa shape index (κ1) is 17.2. The molecule has 0 aliphatic rings. The zero-order valence-electron chi connectivity index (χ0n) is 4.81. The van der Waals surface area contributed by atoms with Crippen LogP contribution in [0.25, 0.3) is 0 Å². The van der Waals surface area contributed by atoms with Crippen LogP contribution in [0.15, 0.2) is 0 Å². The summed E-state index contributed by atoms with van der Waals surface area (Å²) in [6.07, 6.45) is 0. The van der Waals surface area contributed by atoms with Crippen molar-refractivity contribution in [1.82, 2.24) is 0 Å². The topological polar surface area (TPSA) is 0 Å². The summed E-state index contributed by atoms with van der Waals surface area (Å²) < 4.78 is 2.47. The molecule has 0 rings (SSSR count). The molecule has 9 heavy (non-hydrogen) atoms. The van der Waals surface area contributed by atoms with Crippen LogP contribution in [0.5, 0.6) is 0 Å². The predicted octanol–water partition coefficient (Wildman–Crippen LogP) is 2.85. The second-order valence-electron chi connectivity index (χ2n) is 0.990. The maximum absolute atomic E-state index is 5.43. The van der Waals surface area contributed by atoms with Crippen LogP contribution in [0, 0.1) is 0 Å². The molecule has 0 radical (unpaired) electrons. The molecule has 0 aliphatic carbocycles. The molecular formula is C4H10Cl4Te. The first-order valence-electron chi connectivity index (χ1n) is 2.11. The molecule has 0 aromatic heterocycles. The standard InChI is InChI=1S/C4H8Cl2Te.2ClH/c5-1-3-7-4-2-6;;/h1-4H2;2*1H. The molecule has 0 atom stereocenters. The molecule has 0 heterocycles. The van der Waals surface area contributed by atoms with E-state index in [1.165, 1.54) is 8.94 Å². The molecule has 0 spiro atoms. The van der Waals surface area contributed by atoms with E-state index < -0.39 is 0 Å². The Bertz CT molecular complexity index is 31.7. The minimum atomic E-state index is 0. The van der Waals surface area contributed by atoms with Gasteiger partial charge in [0.1, 0.15) is 0 Å². The molecule has 0 nitrogen and oxygen atoms in total. The van der Waals surface area contributed by atoms with E-state index >= 15 is 0 Å². The van der Waals surface area contributed by atoms with E-state index in [9.17, 15) is 0 Å². The van der Waals surface area contributed by atoms with Gasteiger partial charge in [0.15, 0.2) is 0 Å². The summed E-state index contributed by atoms with van der Waals surface area (Å²) >= 11 is 11.1. The molecule has 0 fully saturated rings. The van der Waals surface area contributed by atoms with Gasteiger partial charge >= 0.3 is 64.8 Å². The number of alkyl halides is 2. The Hall–Kier alpha value is 1.95. The third kappa shape index (κ3) is 17.8. The van der Waals surface area contributed by atoms with Gasteiger partial charge in [-0.3, -0.25) is 0 Å². The van der Waals surface area contributed by atoms with Crippen molar-refractivity contribution in [3.8, 4) is 0 Å². The summed E-state index contributed by atoms with van der Waals surface area (Å²) in [5.74, 6) is 1.66. The third-order valence-corrected chi connectivity index (χ3v) is 5.04. The summed E-state index contributed by atoms with van der Waals surface area (Å²) in [6.45, 7) is 0. The van der Waals surface area contributed by atoms with Gasteiger partial charge in [-0.1, -0.05) is 0 Å². The van der Waals surface area contributed by atoms with E-state index in [4.69, 9.17) is 23.2 Å². The summed E-state index contributed by atoms with van der Waals surface area (Å²) in [4.78, 5) is 0. The van der Waals surface area contributed by atoms with Gasteiger partial charge in [-0.15, -0.1) is 24.8 Å². The molecule has 0 saturated carbocycles. The molecular weight excluding hydrogens is 317 g/mol. The Labute approximate surface area is 88.9 Å². The van der Waals surface area contributed by atoms with Gasteiger partial charge in [0.25, 0.3) is 0 Å². The van der Waals surface area contributed by atoms with E-state index in [0.29, 0.717) is 0 Å². The number of hydrogen-bond donors (Lipinski definition) is 0. The number of halogens is 4. The number of hydrogen-bond acceptors (Lipinski definition) is 0. The minimum absolute atomic E-state index is 0. The zero-order valence-corrected chi connectivity index (χ0v) is 10.3. The molecule has 0 N–H and O–H groups in total. The van der Waals surface area contributed by atoms with E-state index in [0.717, 1.165) is 11.8 Å². The maximum atomic E-state index is 5.43. The predicted molar refractivity (Wildman–Crippen MR) is 51.3 cm³/mol. The van der Waals surface area contributed by atoms with Crippen molar-refractivity contribution < 1.29 is 0 Å². The third-order valence-electron chi connectivity index (χ3n) is 0.443. The van der Waals surface area contributed by atoms with Crippen molar-refractivity contribution in [1.29, 1.82) is 0 Å². The normalized spacial score (nSPS) is 7.33. The van der Waals surface area contributed by atoms with Crippen LogP contribution in [0.1, 0.15) is 0 Å². The SMILES string of the molecule is Cl.Cl.ClCC[Te]CCCl. The van der Waals surface area contributed by atoms with Crippen LogP contribution < -0.4 is 0 Å². The Kier molecular flexibility index (Phi) is 31.4. The van der Waals surface area contributed by atoms with E-state index in [-0.39, 0.29) is 45.7 Å². The van der Waals surface area contributed by atoms with E-state index in [1.54, 1.807) is 0 Å². The molecule has 5 heteroatoms. The van der Waals surface area contributed by atoms with Gasteiger partial charge in [-0.05, 0) is 0 Å². The van der Waals surface area contributed by atoms with Crippen molar-refractivity contribution in [2.75, 3.05) is 11.8 Å². The van der Waals surface area contributed by atoms with E-state index in [2.05, 4.69) is 0 Å². The zero-order chi connectivity index (χ0) is 5.54. The van der Waals surface area contributed by atoms with Crippen molar-refractivity contribution in [2.24, 2.45) is 0 Å². The molecule has 0 aromatic carbocycles. The quantitative estimate of drug-likeness (QED) is 0.423. The molecule has 0 saturated heterocycles. The number of rotatable bonds is 4. The molecule has 0 amide bonds. The van der Waals surface area contributed by atoms with Gasteiger partial charge in [0, 0.05) is 0 Å². The van der Waals surface area contributed by atoms with Crippen molar-refractivity contribution in [3.63, 3.8) is 0 Å². The molecule has 0 bridgehead atoms. The first-order valence-corrected chi connectivity index (χ1v) is 6.48. The van der Waals surface area contributed by atoms with Gasteiger partial charge in [0.05, 0.1) is 0 Å². The van der Waals surface area contributed by atoms with Crippen LogP contribution in [0.2, 0.25) is 8.94 Å². The van der Waals surface area contributed by atoms with Crippen molar-refractivity contribution >= 4 is 68.9 Å². The van der Waals surface area contributed by atoms with Gasteiger partial charge in [-0.25, -0.2) is 0 Å². The molecule has 0 aromatic rings. The molecule has 0 unspecified atom stereocenters. The fourth-order valence-corrected chi connectivity index (χ4v) is 2.88. The van der Waals surface area contributed by atoms with Crippen LogP contribution >= 0.6 is 48.0 Å². The van der Waals surface area contributed by atoms with Gasteiger partial charge in [0.2, 0.25) is 0 Å². The summed E-state index contributed by atoms with van der Waals surface area (Å²) in [5.41, 5.74) is 0. The summed E-state index contributed by atoms with van der Waals surface area (Å²) in [6, 6.07) is 0. The van der Waals surface area contributed by atoms with Gasteiger partial charge in [-0.2, -0.15) is 0 Å². The van der Waals surface area contributed by atoms with Gasteiger partial charge < -0.3 is 0 Å². The van der Waals surface area contributed by atoms with Crippen LogP contribution in [-0.4, -0.2) is 32.7 Å². The fraction of sp³-hybridized carbons (Fsp3) is 1.00. The fourth-order valence-electron chi connectivity index (χ4n) is 0.211. The van der Waals surface area contributed by atoms with Crippen molar-refractivity contribution in [2.45, 2.75) is 8.94 Å². The summed E-state index contributed by atoms with van der Waals surface area (Å²) in [7, 11) is 0. The average molecular weight is 328 g/mol. The van der Waals surface area contributed by atoms with Crippen LogP contribution in [0.3, 0.4) is 0 Å². The first-order chi connectivity index (χ1) is 3.41. The molecule has 60 valence electrons. The van der Waals surface area contributed by atoms with Crippen LogP contribution in [0.4, 0.5) is 0 Å². The molecule has 0 aliphatic heterocycles. The Morgan fingerprint density at radius 3 is 1.44 bits per heavy atom.